The lowest BCUT2D eigenvalue weighted by Crippen LogP contribution is -2.26. The third kappa shape index (κ3) is 2.73. The molecule has 1 aliphatic heterocycles. The van der Waals surface area contributed by atoms with Gasteiger partial charge in [0, 0.05) is 6.42 Å². The lowest BCUT2D eigenvalue weighted by atomic mass is 10.2. The van der Waals surface area contributed by atoms with Gasteiger partial charge < -0.3 is 4.74 Å². The zero-order chi connectivity index (χ0) is 12.5. The number of ether oxygens (including phenoxy) is 1. The Balaban J connectivity index is 2.16. The normalized spacial score (nSPS) is 25.1. The highest BCUT2D eigenvalue weighted by atomic mass is 32.2. The van der Waals surface area contributed by atoms with Crippen LogP contribution in [0.25, 0.3) is 0 Å². The molecule has 92 valence electrons. The van der Waals surface area contributed by atoms with E-state index in [4.69, 9.17) is 4.74 Å². The van der Waals surface area contributed by atoms with Crippen molar-refractivity contribution in [3.8, 4) is 0 Å². The predicted octanol–water partition coefficient (Wildman–Crippen LogP) is 1.21. The third-order valence-corrected chi connectivity index (χ3v) is 4.45. The lowest BCUT2D eigenvalue weighted by Gasteiger charge is -2.10. The minimum Gasteiger partial charge on any atom is -0.366 e. The van der Waals surface area contributed by atoms with Crippen LogP contribution in [0.15, 0.2) is 35.2 Å². The van der Waals surface area contributed by atoms with Crippen LogP contribution in [-0.2, 0) is 19.4 Å². The molecule has 1 aromatic carbocycles. The van der Waals surface area contributed by atoms with E-state index in [-0.39, 0.29) is 22.5 Å². The van der Waals surface area contributed by atoms with Crippen molar-refractivity contribution in [2.45, 2.75) is 30.4 Å². The first kappa shape index (κ1) is 12.3. The number of hydrogen-bond acceptors (Lipinski definition) is 4. The maximum absolute atomic E-state index is 12.0. The van der Waals surface area contributed by atoms with Crippen LogP contribution in [-0.4, -0.2) is 32.2 Å². The molecule has 0 spiro atoms. The fourth-order valence-corrected chi connectivity index (χ4v) is 3.30. The largest absolute Gasteiger partial charge is 0.366 e. The fraction of sp³-hybridized carbons (Fsp3) is 0.417. The van der Waals surface area contributed by atoms with E-state index in [0.29, 0.717) is 6.42 Å². The van der Waals surface area contributed by atoms with Crippen molar-refractivity contribution < 1.29 is 17.9 Å². The Morgan fingerprint density at radius 2 is 1.94 bits per heavy atom. The van der Waals surface area contributed by atoms with E-state index in [9.17, 15) is 13.2 Å². The maximum atomic E-state index is 12.0. The van der Waals surface area contributed by atoms with Gasteiger partial charge in [0.25, 0.3) is 0 Å². The summed E-state index contributed by atoms with van der Waals surface area (Å²) in [5.41, 5.74) is 0. The molecule has 0 unspecified atom stereocenters. The second kappa shape index (κ2) is 4.58. The number of carbonyl (C=O) groups excluding carboxylic acids is 1. The average Bonchev–Trinajstić information content (AvgIpc) is 2.58. The van der Waals surface area contributed by atoms with Gasteiger partial charge >= 0.3 is 0 Å². The first-order chi connectivity index (χ1) is 7.99. The van der Waals surface area contributed by atoms with Gasteiger partial charge in [-0.1, -0.05) is 18.2 Å². The molecule has 1 aromatic rings. The standard InChI is InChI=1S/C12H14O4S/c1-9-7-11(13)12(16-9)8-17(14,15)10-5-3-2-4-6-10/h2-6,9,12H,7-8H2,1H3/t9-,12-/m0/s1. The molecule has 0 bridgehead atoms. The maximum Gasteiger partial charge on any atom is 0.181 e. The summed E-state index contributed by atoms with van der Waals surface area (Å²) in [5, 5.41) is 0. The van der Waals surface area contributed by atoms with E-state index in [1.165, 1.54) is 12.1 Å². The minimum absolute atomic E-state index is 0.128. The zero-order valence-electron chi connectivity index (χ0n) is 9.50. The molecular formula is C12H14O4S. The summed E-state index contributed by atoms with van der Waals surface area (Å²) < 4.78 is 29.3. The highest BCUT2D eigenvalue weighted by molar-refractivity contribution is 7.91. The van der Waals surface area contributed by atoms with Gasteiger partial charge in [-0.15, -0.1) is 0 Å². The second-order valence-corrected chi connectivity index (χ2v) is 6.23. The number of carbonyl (C=O) groups is 1. The van der Waals surface area contributed by atoms with Crippen LogP contribution < -0.4 is 0 Å². The number of sulfone groups is 1. The van der Waals surface area contributed by atoms with Crippen molar-refractivity contribution in [2.24, 2.45) is 0 Å². The number of ketones is 1. The molecule has 0 radical (unpaired) electrons. The van der Waals surface area contributed by atoms with E-state index in [2.05, 4.69) is 0 Å². The van der Waals surface area contributed by atoms with Crippen molar-refractivity contribution in [3.63, 3.8) is 0 Å². The topological polar surface area (TPSA) is 60.4 Å². The zero-order valence-corrected chi connectivity index (χ0v) is 10.3. The molecule has 1 aliphatic rings. The summed E-state index contributed by atoms with van der Waals surface area (Å²) in [6.07, 6.45) is -0.691. The summed E-state index contributed by atoms with van der Waals surface area (Å²) >= 11 is 0. The molecule has 0 saturated carbocycles. The van der Waals surface area contributed by atoms with E-state index in [1.807, 2.05) is 0 Å². The minimum atomic E-state index is -3.45. The van der Waals surface area contributed by atoms with Gasteiger partial charge in [-0.25, -0.2) is 8.42 Å². The molecule has 0 aliphatic carbocycles. The molecule has 5 heteroatoms. The van der Waals surface area contributed by atoms with Crippen LogP contribution in [0.3, 0.4) is 0 Å². The van der Waals surface area contributed by atoms with Crippen molar-refractivity contribution in [1.82, 2.24) is 0 Å². The summed E-state index contributed by atoms with van der Waals surface area (Å²) in [6, 6.07) is 8.12. The predicted molar refractivity (Wildman–Crippen MR) is 62.5 cm³/mol. The molecule has 4 nitrogen and oxygen atoms in total. The number of benzene rings is 1. The van der Waals surface area contributed by atoms with Crippen LogP contribution in [0.2, 0.25) is 0 Å². The van der Waals surface area contributed by atoms with Gasteiger partial charge in [-0.05, 0) is 19.1 Å². The quantitative estimate of drug-likeness (QED) is 0.813. The molecular weight excluding hydrogens is 240 g/mol. The summed E-state index contributed by atoms with van der Waals surface area (Å²) in [4.78, 5) is 11.7. The van der Waals surface area contributed by atoms with Gasteiger partial charge in [-0.3, -0.25) is 4.79 Å². The Kier molecular flexibility index (Phi) is 3.31. The van der Waals surface area contributed by atoms with E-state index < -0.39 is 15.9 Å². The van der Waals surface area contributed by atoms with Crippen LogP contribution >= 0.6 is 0 Å². The van der Waals surface area contributed by atoms with Gasteiger partial charge in [0.1, 0.15) is 6.10 Å². The molecule has 17 heavy (non-hydrogen) atoms. The number of rotatable bonds is 3. The van der Waals surface area contributed by atoms with Gasteiger partial charge in [0.2, 0.25) is 0 Å². The lowest BCUT2D eigenvalue weighted by molar-refractivity contribution is -0.121. The first-order valence-corrected chi connectivity index (χ1v) is 7.10. The van der Waals surface area contributed by atoms with Gasteiger partial charge in [-0.2, -0.15) is 0 Å². The van der Waals surface area contributed by atoms with Gasteiger partial charge in [0.05, 0.1) is 16.8 Å². The smallest absolute Gasteiger partial charge is 0.181 e. The van der Waals surface area contributed by atoms with Crippen molar-refractivity contribution >= 4 is 15.6 Å². The second-order valence-electron chi connectivity index (χ2n) is 4.20. The van der Waals surface area contributed by atoms with Crippen LogP contribution in [0.1, 0.15) is 13.3 Å². The fourth-order valence-electron chi connectivity index (χ4n) is 1.87. The van der Waals surface area contributed by atoms with Crippen molar-refractivity contribution in [3.05, 3.63) is 30.3 Å². The molecule has 1 heterocycles. The highest BCUT2D eigenvalue weighted by Crippen LogP contribution is 2.20. The van der Waals surface area contributed by atoms with Crippen LogP contribution in [0.5, 0.6) is 0 Å². The Hall–Kier alpha value is -1.20. The molecule has 0 N–H and O–H groups in total. The van der Waals surface area contributed by atoms with Gasteiger partial charge in [0.15, 0.2) is 15.6 Å². The van der Waals surface area contributed by atoms with E-state index in [0.717, 1.165) is 0 Å². The van der Waals surface area contributed by atoms with E-state index >= 15 is 0 Å². The Labute approximate surface area is 101 Å². The summed E-state index contributed by atoms with van der Waals surface area (Å²) in [7, 11) is -3.45. The number of hydrogen-bond donors (Lipinski definition) is 0. The molecule has 1 fully saturated rings. The molecule has 2 atom stereocenters. The van der Waals surface area contributed by atoms with Crippen molar-refractivity contribution in [2.75, 3.05) is 5.75 Å². The molecule has 2 rings (SSSR count). The Bertz CT molecular complexity index is 507. The monoisotopic (exact) mass is 254 g/mol. The van der Waals surface area contributed by atoms with E-state index in [1.54, 1.807) is 25.1 Å². The average molecular weight is 254 g/mol. The number of Topliss-reactive ketones (excluding diaryl/α,β-unsaturated/α-hetero) is 1. The van der Waals surface area contributed by atoms with Crippen molar-refractivity contribution in [1.29, 1.82) is 0 Å². The SMILES string of the molecule is C[C@H]1CC(=O)[C@H](CS(=O)(=O)c2ccccc2)O1. The third-order valence-electron chi connectivity index (χ3n) is 2.72. The summed E-state index contributed by atoms with van der Waals surface area (Å²) in [6.45, 7) is 1.77. The highest BCUT2D eigenvalue weighted by Gasteiger charge is 2.34. The first-order valence-electron chi connectivity index (χ1n) is 5.45. The van der Waals surface area contributed by atoms with Crippen LogP contribution in [0.4, 0.5) is 0 Å². The molecule has 0 amide bonds. The molecule has 0 aromatic heterocycles. The Morgan fingerprint density at radius 1 is 1.29 bits per heavy atom. The summed E-state index contributed by atoms with van der Waals surface area (Å²) in [5.74, 6) is -0.391. The van der Waals surface area contributed by atoms with Crippen LogP contribution in [0, 0.1) is 0 Å². The Morgan fingerprint density at radius 3 is 2.47 bits per heavy atom. The molecule has 1 saturated heterocycles.